The van der Waals surface area contributed by atoms with E-state index in [1.165, 1.54) is 56.6 Å². The first-order chi connectivity index (χ1) is 20.6. The number of carbonyl (C=O) groups excluding carboxylic acids is 1. The van der Waals surface area contributed by atoms with Crippen molar-refractivity contribution in [3.63, 3.8) is 0 Å². The Labute approximate surface area is 245 Å². The summed E-state index contributed by atoms with van der Waals surface area (Å²) in [5.41, 5.74) is 3.53. The van der Waals surface area contributed by atoms with Gasteiger partial charge >= 0.3 is 0 Å². The minimum atomic E-state index is -3.78. The molecule has 6 aromatic rings. The zero-order valence-corrected chi connectivity index (χ0v) is 24.0. The highest BCUT2D eigenvalue weighted by molar-refractivity contribution is 7.92. The highest BCUT2D eigenvalue weighted by Gasteiger charge is 2.27. The molecule has 0 fully saturated rings. The van der Waals surface area contributed by atoms with Crippen LogP contribution >= 0.6 is 0 Å². The lowest BCUT2D eigenvalue weighted by molar-refractivity contribution is 0.0964. The fourth-order valence-electron chi connectivity index (χ4n) is 4.99. The smallest absolute Gasteiger partial charge is 0.255 e. The van der Waals surface area contributed by atoms with E-state index in [2.05, 4.69) is 15.5 Å². The number of carbonyl (C=O) groups is 1. The second-order valence-corrected chi connectivity index (χ2v) is 12.0. The largest absolute Gasteiger partial charge is 0.455 e. The van der Waals surface area contributed by atoms with Gasteiger partial charge in [0.05, 0.1) is 34.6 Å². The second-order valence-electron chi connectivity index (χ2n) is 9.95. The summed E-state index contributed by atoms with van der Waals surface area (Å²) in [6.45, 7) is 0. The molecule has 216 valence electrons. The molecule has 0 radical (unpaired) electrons. The first-order valence-electron chi connectivity index (χ1n) is 13.0. The molecule has 0 unspecified atom stereocenters. The average Bonchev–Trinajstić information content (AvgIpc) is 3.61. The Morgan fingerprint density at radius 2 is 1.74 bits per heavy atom. The number of para-hydroxylation sites is 1. The molecule has 0 saturated carbocycles. The van der Waals surface area contributed by atoms with Gasteiger partial charge in [0.1, 0.15) is 22.8 Å². The number of rotatable bonds is 7. The number of amides is 1. The van der Waals surface area contributed by atoms with E-state index in [1.54, 1.807) is 6.07 Å². The molecule has 1 amide bonds. The van der Waals surface area contributed by atoms with E-state index < -0.39 is 21.7 Å². The molecule has 0 aliphatic carbocycles. The van der Waals surface area contributed by atoms with Gasteiger partial charge in [0.2, 0.25) is 10.0 Å². The Morgan fingerprint density at radius 3 is 2.42 bits per heavy atom. The number of nitrogens with zero attached hydrogens (tertiary/aromatic N) is 3. The zero-order chi connectivity index (χ0) is 30.5. The molecule has 0 aliphatic heterocycles. The molecule has 43 heavy (non-hydrogen) atoms. The molecule has 3 aromatic carbocycles. The van der Waals surface area contributed by atoms with Gasteiger partial charge in [0, 0.05) is 47.6 Å². The highest BCUT2D eigenvalue weighted by Crippen LogP contribution is 2.42. The number of pyridine rings is 1. The zero-order valence-electron chi connectivity index (χ0n) is 23.2. The van der Waals surface area contributed by atoms with E-state index in [4.69, 9.17) is 9.40 Å². The normalized spacial score (nSPS) is 11.6. The van der Waals surface area contributed by atoms with Gasteiger partial charge in [-0.05, 0) is 59.8 Å². The minimum Gasteiger partial charge on any atom is -0.455 e. The monoisotopic (exact) mass is 597 g/mol. The van der Waals surface area contributed by atoms with Gasteiger partial charge in [-0.1, -0.05) is 18.2 Å². The standard InChI is InChI=1S/C31H24FN5O5S/c1-33-31(38)29-22-15-21(24-13-20(36-39)14-26(35-24)25-12-18-6-4-5-7-23(18)34-25)27(37(2)43(3,40)41)16-28(22)42-30(29)17-8-10-19(32)11-9-17/h4-16,34H,1-3H3,(H,33,38). The highest BCUT2D eigenvalue weighted by atomic mass is 32.2. The van der Waals surface area contributed by atoms with Crippen molar-refractivity contribution in [2.24, 2.45) is 5.18 Å². The molecular weight excluding hydrogens is 573 g/mol. The van der Waals surface area contributed by atoms with E-state index in [1.807, 2.05) is 30.3 Å². The molecule has 3 aromatic heterocycles. The van der Waals surface area contributed by atoms with Gasteiger partial charge in [-0.3, -0.25) is 9.10 Å². The van der Waals surface area contributed by atoms with E-state index >= 15 is 0 Å². The number of nitrogens with one attached hydrogen (secondary N) is 2. The van der Waals surface area contributed by atoms with E-state index in [9.17, 15) is 22.5 Å². The first kappa shape index (κ1) is 27.8. The number of anilines is 1. The van der Waals surface area contributed by atoms with E-state index in [-0.39, 0.29) is 34.0 Å². The number of nitroso groups, excluding NO2 is 1. The molecule has 0 aliphatic rings. The van der Waals surface area contributed by atoms with Crippen LogP contribution in [0.25, 0.3) is 55.8 Å². The number of halogens is 1. The van der Waals surface area contributed by atoms with Gasteiger partial charge in [-0.25, -0.2) is 17.8 Å². The summed E-state index contributed by atoms with van der Waals surface area (Å²) in [6, 6.07) is 21.1. The minimum absolute atomic E-state index is 0.0671. The Bertz CT molecular complexity index is 2140. The molecule has 0 spiro atoms. The summed E-state index contributed by atoms with van der Waals surface area (Å²) >= 11 is 0. The maximum Gasteiger partial charge on any atom is 0.255 e. The van der Waals surface area contributed by atoms with Crippen LogP contribution < -0.4 is 9.62 Å². The third-order valence-corrected chi connectivity index (χ3v) is 8.39. The van der Waals surface area contributed by atoms with Gasteiger partial charge in [-0.2, -0.15) is 0 Å². The van der Waals surface area contributed by atoms with Crippen LogP contribution in [0.1, 0.15) is 10.4 Å². The number of H-pyrrole nitrogens is 1. The van der Waals surface area contributed by atoms with Crippen LogP contribution in [0.4, 0.5) is 15.8 Å². The van der Waals surface area contributed by atoms with Crippen LogP contribution in [0.3, 0.4) is 0 Å². The van der Waals surface area contributed by atoms with Crippen molar-refractivity contribution in [3.05, 3.63) is 95.2 Å². The van der Waals surface area contributed by atoms with Crippen molar-refractivity contribution in [1.82, 2.24) is 15.3 Å². The predicted octanol–water partition coefficient (Wildman–Crippen LogP) is 6.60. The maximum atomic E-state index is 13.7. The Morgan fingerprint density at radius 1 is 1.02 bits per heavy atom. The van der Waals surface area contributed by atoms with Crippen LogP contribution in [0, 0.1) is 10.7 Å². The fourth-order valence-corrected chi connectivity index (χ4v) is 5.50. The molecule has 10 nitrogen and oxygen atoms in total. The molecule has 2 N–H and O–H groups in total. The lowest BCUT2D eigenvalue weighted by atomic mass is 10.00. The Hall–Kier alpha value is -5.36. The summed E-state index contributed by atoms with van der Waals surface area (Å²) in [5.74, 6) is -0.751. The number of aromatic nitrogens is 2. The summed E-state index contributed by atoms with van der Waals surface area (Å²) in [6.07, 6.45) is 1.05. The number of aromatic amines is 1. The van der Waals surface area contributed by atoms with Crippen molar-refractivity contribution in [1.29, 1.82) is 0 Å². The van der Waals surface area contributed by atoms with Crippen LogP contribution in [-0.4, -0.2) is 44.6 Å². The van der Waals surface area contributed by atoms with Crippen molar-refractivity contribution in [2.45, 2.75) is 0 Å². The fraction of sp³-hybridized carbons (Fsp3) is 0.0968. The summed E-state index contributed by atoms with van der Waals surface area (Å²) in [5, 5.41) is 7.05. The topological polar surface area (TPSA) is 138 Å². The van der Waals surface area contributed by atoms with Crippen LogP contribution in [0.2, 0.25) is 0 Å². The van der Waals surface area contributed by atoms with Crippen LogP contribution in [-0.2, 0) is 10.0 Å². The average molecular weight is 598 g/mol. The molecule has 12 heteroatoms. The molecule has 6 rings (SSSR count). The number of sulfonamides is 1. The summed E-state index contributed by atoms with van der Waals surface area (Å²) in [7, 11) is -0.933. The summed E-state index contributed by atoms with van der Waals surface area (Å²) in [4.78, 5) is 33.1. The Balaban J connectivity index is 1.65. The lowest BCUT2D eigenvalue weighted by Gasteiger charge is -2.20. The third-order valence-electron chi connectivity index (χ3n) is 7.20. The SMILES string of the molecule is CNC(=O)c1c(-c2ccc(F)cc2)oc2cc(N(C)S(C)(=O)=O)c(-c3cc(N=O)cc(-c4cc5ccccc5[nH]4)n3)cc12. The molecule has 0 atom stereocenters. The van der Waals surface area contributed by atoms with Crippen LogP contribution in [0.5, 0.6) is 0 Å². The van der Waals surface area contributed by atoms with Crippen LogP contribution in [0.15, 0.2) is 88.5 Å². The van der Waals surface area contributed by atoms with Gasteiger partial charge < -0.3 is 14.7 Å². The quantitative estimate of drug-likeness (QED) is 0.199. The number of benzene rings is 3. The lowest BCUT2D eigenvalue weighted by Crippen LogP contribution is -2.25. The number of furan rings is 1. The first-order valence-corrected chi connectivity index (χ1v) is 14.9. The number of hydrogen-bond donors (Lipinski definition) is 2. The maximum absolute atomic E-state index is 13.7. The number of fused-ring (bicyclic) bond motifs is 2. The number of hydrogen-bond acceptors (Lipinski definition) is 7. The molecule has 3 heterocycles. The van der Waals surface area contributed by atoms with Gasteiger partial charge in [-0.15, -0.1) is 4.91 Å². The molecule has 0 bridgehead atoms. The second kappa shape index (κ2) is 10.5. The van der Waals surface area contributed by atoms with Crippen molar-refractivity contribution in [3.8, 4) is 34.0 Å². The predicted molar refractivity (Wildman–Crippen MR) is 164 cm³/mol. The van der Waals surface area contributed by atoms with E-state index in [0.29, 0.717) is 27.9 Å². The third kappa shape index (κ3) is 5.01. The van der Waals surface area contributed by atoms with Crippen molar-refractivity contribution >= 4 is 49.2 Å². The van der Waals surface area contributed by atoms with Crippen molar-refractivity contribution < 1.29 is 22.0 Å². The van der Waals surface area contributed by atoms with E-state index in [0.717, 1.165) is 21.5 Å². The molecular formula is C31H24FN5O5S. The summed E-state index contributed by atoms with van der Waals surface area (Å²) < 4.78 is 46.4. The van der Waals surface area contributed by atoms with Crippen molar-refractivity contribution in [2.75, 3.05) is 24.7 Å². The Kier molecular flexibility index (Phi) is 6.77. The van der Waals surface area contributed by atoms with Gasteiger partial charge in [0.25, 0.3) is 5.91 Å². The van der Waals surface area contributed by atoms with Gasteiger partial charge in [0.15, 0.2) is 0 Å². The molecule has 0 saturated heterocycles.